The Bertz CT molecular complexity index is 555. The molecule has 1 aliphatic rings. The van der Waals surface area contributed by atoms with Crippen LogP contribution in [-0.2, 0) is 11.2 Å². The topological polar surface area (TPSA) is 29.1 Å². The number of fused-ring (bicyclic) bond motifs is 1. The predicted molar refractivity (Wildman–Crippen MR) is 80.7 cm³/mol. The first-order valence-corrected chi connectivity index (χ1v) is 8.08. The summed E-state index contributed by atoms with van der Waals surface area (Å²) < 4.78 is 0. The molecule has 2 nitrogen and oxygen atoms in total. The molecule has 1 N–H and O–H groups in total. The van der Waals surface area contributed by atoms with Gasteiger partial charge in [0.1, 0.15) is 0 Å². The number of benzene rings is 1. The van der Waals surface area contributed by atoms with Gasteiger partial charge in [0.2, 0.25) is 5.91 Å². The van der Waals surface area contributed by atoms with Crippen molar-refractivity contribution in [1.82, 2.24) is 5.32 Å². The van der Waals surface area contributed by atoms with Crippen LogP contribution in [0.15, 0.2) is 46.7 Å². The van der Waals surface area contributed by atoms with Gasteiger partial charge < -0.3 is 5.32 Å². The normalized spacial score (nSPS) is 18.9. The molecule has 4 heteroatoms. The lowest BCUT2D eigenvalue weighted by molar-refractivity contribution is -0.121. The van der Waals surface area contributed by atoms with Gasteiger partial charge in [0.25, 0.3) is 0 Å². The van der Waals surface area contributed by atoms with E-state index in [-0.39, 0.29) is 17.2 Å². The number of carbonyl (C=O) groups is 1. The Morgan fingerprint density at radius 1 is 1.32 bits per heavy atom. The van der Waals surface area contributed by atoms with Crippen LogP contribution in [0.2, 0.25) is 0 Å². The van der Waals surface area contributed by atoms with Crippen molar-refractivity contribution in [2.45, 2.75) is 29.5 Å². The molecule has 0 saturated heterocycles. The fourth-order valence-electron chi connectivity index (χ4n) is 2.24. The summed E-state index contributed by atoms with van der Waals surface area (Å²) in [5.41, 5.74) is 1.29. The lowest BCUT2D eigenvalue weighted by Gasteiger charge is -2.15. The van der Waals surface area contributed by atoms with E-state index in [2.05, 4.69) is 23.5 Å². The molecule has 1 amide bonds. The minimum atomic E-state index is 0.0137. The maximum absolute atomic E-state index is 12.3. The highest BCUT2D eigenvalue weighted by molar-refractivity contribution is 8.01. The summed E-state index contributed by atoms with van der Waals surface area (Å²) in [7, 11) is 0. The van der Waals surface area contributed by atoms with Crippen LogP contribution < -0.4 is 5.32 Å². The first-order chi connectivity index (χ1) is 9.24. The first-order valence-electron chi connectivity index (χ1n) is 6.32. The van der Waals surface area contributed by atoms with Crippen LogP contribution in [0.4, 0.5) is 0 Å². The van der Waals surface area contributed by atoms with Gasteiger partial charge in [-0.3, -0.25) is 4.79 Å². The Balaban J connectivity index is 1.64. The second-order valence-electron chi connectivity index (χ2n) is 4.66. The number of rotatable bonds is 3. The molecule has 2 unspecified atom stereocenters. The molecule has 2 aromatic rings. The second kappa shape index (κ2) is 5.39. The average Bonchev–Trinajstić information content (AvgIpc) is 3.07. The van der Waals surface area contributed by atoms with Crippen molar-refractivity contribution in [3.8, 4) is 0 Å². The lowest BCUT2D eigenvalue weighted by atomic mass is 10.1. The molecule has 2 heterocycles. The van der Waals surface area contributed by atoms with Gasteiger partial charge in [0, 0.05) is 9.77 Å². The van der Waals surface area contributed by atoms with Crippen molar-refractivity contribution in [3.63, 3.8) is 0 Å². The fourth-order valence-corrected chi connectivity index (χ4v) is 4.18. The van der Waals surface area contributed by atoms with Gasteiger partial charge in [-0.05, 0) is 36.4 Å². The minimum absolute atomic E-state index is 0.0137. The summed E-state index contributed by atoms with van der Waals surface area (Å²) in [5, 5.41) is 5.16. The van der Waals surface area contributed by atoms with Crippen LogP contribution in [0, 0.1) is 0 Å². The molecule has 1 aromatic carbocycles. The van der Waals surface area contributed by atoms with E-state index in [1.165, 1.54) is 15.3 Å². The summed E-state index contributed by atoms with van der Waals surface area (Å²) >= 11 is 3.36. The summed E-state index contributed by atoms with van der Waals surface area (Å²) in [6.07, 6.45) is 0.837. The largest absolute Gasteiger partial charge is 0.348 e. The van der Waals surface area contributed by atoms with Gasteiger partial charge in [-0.1, -0.05) is 24.3 Å². The fraction of sp³-hybridized carbons (Fsp3) is 0.267. The number of hydrogen-bond donors (Lipinski definition) is 1. The monoisotopic (exact) mass is 289 g/mol. The van der Waals surface area contributed by atoms with Crippen LogP contribution >= 0.6 is 23.1 Å². The zero-order chi connectivity index (χ0) is 13.2. The second-order valence-corrected chi connectivity index (χ2v) is 6.89. The number of thiophene rings is 1. The highest BCUT2D eigenvalue weighted by Gasteiger charge is 2.28. The number of nitrogens with one attached hydrogen (secondary N) is 1. The first kappa shape index (κ1) is 12.8. The highest BCUT2D eigenvalue weighted by atomic mass is 32.2. The number of carbonyl (C=O) groups excluding carboxylic acids is 1. The Labute approximate surface area is 121 Å². The minimum Gasteiger partial charge on any atom is -0.348 e. The van der Waals surface area contributed by atoms with E-state index in [1.54, 1.807) is 23.1 Å². The molecule has 98 valence electrons. The van der Waals surface area contributed by atoms with Gasteiger partial charge in [0.05, 0.1) is 11.3 Å². The van der Waals surface area contributed by atoms with Crippen molar-refractivity contribution in [2.24, 2.45) is 0 Å². The summed E-state index contributed by atoms with van der Waals surface area (Å²) in [4.78, 5) is 14.7. The van der Waals surface area contributed by atoms with Gasteiger partial charge in [-0.25, -0.2) is 0 Å². The lowest BCUT2D eigenvalue weighted by Crippen LogP contribution is -2.34. The molecular weight excluding hydrogens is 274 g/mol. The van der Waals surface area contributed by atoms with Gasteiger partial charge in [-0.2, -0.15) is 0 Å². The molecular formula is C15H15NOS2. The van der Waals surface area contributed by atoms with Crippen LogP contribution in [0.25, 0.3) is 0 Å². The van der Waals surface area contributed by atoms with Crippen molar-refractivity contribution < 1.29 is 4.79 Å². The summed E-state index contributed by atoms with van der Waals surface area (Å²) in [6.45, 7) is 2.04. The predicted octanol–water partition coefficient (Wildman–Crippen LogP) is 3.64. The van der Waals surface area contributed by atoms with E-state index < -0.39 is 0 Å². The third kappa shape index (κ3) is 2.69. The highest BCUT2D eigenvalue weighted by Crippen LogP contribution is 2.37. The maximum atomic E-state index is 12.3. The van der Waals surface area contributed by atoms with Crippen LogP contribution in [-0.4, -0.2) is 11.2 Å². The Kier molecular flexibility index (Phi) is 3.62. The SMILES string of the molecule is CC(NC(=O)C1Cc2ccccc2S1)c1cccs1. The molecule has 3 rings (SSSR count). The molecule has 0 spiro atoms. The molecule has 1 aromatic heterocycles. The van der Waals surface area contributed by atoms with Crippen LogP contribution in [0.1, 0.15) is 23.4 Å². The zero-order valence-electron chi connectivity index (χ0n) is 10.6. The van der Waals surface area contributed by atoms with Crippen molar-refractivity contribution in [1.29, 1.82) is 0 Å². The van der Waals surface area contributed by atoms with Gasteiger partial charge >= 0.3 is 0 Å². The third-order valence-corrected chi connectivity index (χ3v) is 5.64. The molecule has 0 bridgehead atoms. The summed E-state index contributed by atoms with van der Waals surface area (Å²) in [6, 6.07) is 12.4. The van der Waals surface area contributed by atoms with Gasteiger partial charge in [-0.15, -0.1) is 23.1 Å². The maximum Gasteiger partial charge on any atom is 0.234 e. The van der Waals surface area contributed by atoms with E-state index in [4.69, 9.17) is 0 Å². The Morgan fingerprint density at radius 3 is 2.89 bits per heavy atom. The Hall–Kier alpha value is -1.26. The number of thioether (sulfide) groups is 1. The van der Waals surface area contributed by atoms with E-state index in [0.29, 0.717) is 0 Å². The molecule has 2 atom stereocenters. The standard InChI is InChI=1S/C15H15NOS2/c1-10(12-7-4-8-18-12)16-15(17)14-9-11-5-2-3-6-13(11)19-14/h2-8,10,14H,9H2,1H3,(H,16,17). The Morgan fingerprint density at radius 2 is 2.16 bits per heavy atom. The van der Waals surface area contributed by atoms with Crippen LogP contribution in [0.5, 0.6) is 0 Å². The number of amides is 1. The van der Waals surface area contributed by atoms with E-state index >= 15 is 0 Å². The average molecular weight is 289 g/mol. The van der Waals surface area contributed by atoms with Crippen molar-refractivity contribution >= 4 is 29.0 Å². The molecule has 0 radical (unpaired) electrons. The molecule has 0 aliphatic carbocycles. The smallest absolute Gasteiger partial charge is 0.234 e. The molecule has 0 saturated carbocycles. The van der Waals surface area contributed by atoms with Gasteiger partial charge in [0.15, 0.2) is 0 Å². The van der Waals surface area contributed by atoms with E-state index in [9.17, 15) is 4.79 Å². The quantitative estimate of drug-likeness (QED) is 0.934. The summed E-state index contributed by atoms with van der Waals surface area (Å²) in [5.74, 6) is 0.141. The van der Waals surface area contributed by atoms with E-state index in [1.807, 2.05) is 30.5 Å². The molecule has 0 fully saturated rings. The van der Waals surface area contributed by atoms with Crippen LogP contribution in [0.3, 0.4) is 0 Å². The van der Waals surface area contributed by atoms with Crippen molar-refractivity contribution in [3.05, 3.63) is 52.2 Å². The van der Waals surface area contributed by atoms with E-state index in [0.717, 1.165) is 6.42 Å². The zero-order valence-corrected chi connectivity index (χ0v) is 12.3. The number of hydrogen-bond acceptors (Lipinski definition) is 3. The van der Waals surface area contributed by atoms with Crippen molar-refractivity contribution in [2.75, 3.05) is 0 Å². The molecule has 1 aliphatic heterocycles. The molecule has 19 heavy (non-hydrogen) atoms. The third-order valence-electron chi connectivity index (χ3n) is 3.27.